The molecule has 2 rings (SSSR count). The molecule has 1 aromatic carbocycles. The fourth-order valence-electron chi connectivity index (χ4n) is 1.62. The van der Waals surface area contributed by atoms with Crippen molar-refractivity contribution in [2.45, 2.75) is 24.8 Å². The van der Waals surface area contributed by atoms with E-state index in [1.165, 1.54) is 0 Å². The van der Waals surface area contributed by atoms with Gasteiger partial charge in [0.1, 0.15) is 0 Å². The molecule has 4 N–H and O–H groups in total. The molecule has 0 radical (unpaired) electrons. The van der Waals surface area contributed by atoms with Crippen molar-refractivity contribution in [1.82, 2.24) is 0 Å². The third-order valence-electron chi connectivity index (χ3n) is 2.67. The second-order valence-electron chi connectivity index (χ2n) is 4.00. The van der Waals surface area contributed by atoms with Crippen molar-refractivity contribution >= 4 is 5.91 Å². The Hall–Kier alpha value is -1.35. The minimum absolute atomic E-state index is 0.131. The molecule has 0 atom stereocenters. The Kier molecular flexibility index (Phi) is 2.04. The molecule has 1 fully saturated rings. The largest absolute Gasteiger partial charge is 0.369 e. The van der Waals surface area contributed by atoms with Gasteiger partial charge in [-0.15, -0.1) is 0 Å². The summed E-state index contributed by atoms with van der Waals surface area (Å²) in [7, 11) is 0. The van der Waals surface area contributed by atoms with Crippen molar-refractivity contribution in [3.05, 3.63) is 35.4 Å². The first-order valence-corrected chi connectivity index (χ1v) is 4.77. The molecule has 1 aliphatic rings. The molecular formula is C11H14N2O. The van der Waals surface area contributed by atoms with Crippen LogP contribution in [0.2, 0.25) is 0 Å². The summed E-state index contributed by atoms with van der Waals surface area (Å²) in [5.74, 6) is -0.302. The standard InChI is InChI=1S/C11H14N2O/c12-10(14)7-8-2-1-3-9(6-8)11(13)4-5-11/h1-3,6H,4-5,7,13H2,(H2,12,14). The second kappa shape index (κ2) is 3.10. The number of benzene rings is 1. The SMILES string of the molecule is NC(=O)Cc1cccc(C2(N)CC2)c1. The van der Waals surface area contributed by atoms with Gasteiger partial charge >= 0.3 is 0 Å². The molecule has 0 heterocycles. The topological polar surface area (TPSA) is 69.1 Å². The zero-order valence-corrected chi connectivity index (χ0v) is 7.99. The highest BCUT2D eigenvalue weighted by Gasteiger charge is 2.39. The third kappa shape index (κ3) is 1.77. The van der Waals surface area contributed by atoms with Crippen molar-refractivity contribution < 1.29 is 4.79 Å². The lowest BCUT2D eigenvalue weighted by Gasteiger charge is -2.10. The molecule has 1 aromatic rings. The highest BCUT2D eigenvalue weighted by atomic mass is 16.1. The Balaban J connectivity index is 2.23. The van der Waals surface area contributed by atoms with Crippen LogP contribution in [0.25, 0.3) is 0 Å². The summed E-state index contributed by atoms with van der Waals surface area (Å²) in [6, 6.07) is 7.83. The minimum Gasteiger partial charge on any atom is -0.369 e. The average molecular weight is 190 g/mol. The molecule has 3 nitrogen and oxygen atoms in total. The van der Waals surface area contributed by atoms with E-state index in [0.29, 0.717) is 6.42 Å². The minimum atomic E-state index is -0.302. The molecule has 14 heavy (non-hydrogen) atoms. The third-order valence-corrected chi connectivity index (χ3v) is 2.67. The Morgan fingerprint density at radius 2 is 2.14 bits per heavy atom. The van der Waals surface area contributed by atoms with E-state index in [9.17, 15) is 4.79 Å². The van der Waals surface area contributed by atoms with E-state index in [2.05, 4.69) is 0 Å². The summed E-state index contributed by atoms with van der Waals surface area (Å²) in [6.07, 6.45) is 2.37. The Bertz CT molecular complexity index is 369. The normalized spacial score (nSPS) is 17.8. The van der Waals surface area contributed by atoms with Crippen molar-refractivity contribution in [2.75, 3.05) is 0 Å². The van der Waals surface area contributed by atoms with Crippen molar-refractivity contribution in [3.8, 4) is 0 Å². The molecule has 0 aromatic heterocycles. The Morgan fingerprint density at radius 1 is 1.43 bits per heavy atom. The van der Waals surface area contributed by atoms with Gasteiger partial charge in [0.2, 0.25) is 5.91 Å². The lowest BCUT2D eigenvalue weighted by atomic mass is 10.0. The van der Waals surface area contributed by atoms with E-state index in [-0.39, 0.29) is 11.4 Å². The molecule has 0 aliphatic heterocycles. The van der Waals surface area contributed by atoms with Crippen LogP contribution in [0.3, 0.4) is 0 Å². The number of amides is 1. The number of primary amides is 1. The van der Waals surface area contributed by atoms with E-state index in [0.717, 1.165) is 24.0 Å². The molecule has 1 amide bonds. The summed E-state index contributed by atoms with van der Waals surface area (Å²) in [4.78, 5) is 10.7. The molecule has 0 spiro atoms. The van der Waals surface area contributed by atoms with Gasteiger partial charge < -0.3 is 11.5 Å². The smallest absolute Gasteiger partial charge is 0.221 e. The van der Waals surface area contributed by atoms with E-state index in [1.807, 2.05) is 24.3 Å². The van der Waals surface area contributed by atoms with Gasteiger partial charge in [0.25, 0.3) is 0 Å². The quantitative estimate of drug-likeness (QED) is 0.735. The Labute approximate surface area is 83.1 Å². The predicted molar refractivity (Wildman–Crippen MR) is 54.4 cm³/mol. The zero-order valence-electron chi connectivity index (χ0n) is 7.99. The zero-order chi connectivity index (χ0) is 10.2. The highest BCUT2D eigenvalue weighted by Crippen LogP contribution is 2.42. The molecular weight excluding hydrogens is 176 g/mol. The first-order valence-electron chi connectivity index (χ1n) is 4.77. The second-order valence-corrected chi connectivity index (χ2v) is 4.00. The lowest BCUT2D eigenvalue weighted by molar-refractivity contribution is -0.117. The van der Waals surface area contributed by atoms with E-state index < -0.39 is 0 Å². The fraction of sp³-hybridized carbons (Fsp3) is 0.364. The maximum Gasteiger partial charge on any atom is 0.221 e. The monoisotopic (exact) mass is 190 g/mol. The fourth-order valence-corrected chi connectivity index (χ4v) is 1.62. The van der Waals surface area contributed by atoms with Crippen LogP contribution in [0.5, 0.6) is 0 Å². The van der Waals surface area contributed by atoms with Crippen LogP contribution in [-0.2, 0) is 16.8 Å². The number of hydrogen-bond donors (Lipinski definition) is 2. The average Bonchev–Trinajstić information content (AvgIpc) is 2.84. The van der Waals surface area contributed by atoms with Crippen molar-refractivity contribution in [2.24, 2.45) is 11.5 Å². The van der Waals surface area contributed by atoms with Gasteiger partial charge in [-0.2, -0.15) is 0 Å². The van der Waals surface area contributed by atoms with Gasteiger partial charge in [0, 0.05) is 5.54 Å². The molecule has 1 saturated carbocycles. The van der Waals surface area contributed by atoms with Crippen LogP contribution in [0, 0.1) is 0 Å². The molecule has 0 bridgehead atoms. The molecule has 74 valence electrons. The van der Waals surface area contributed by atoms with Crippen LogP contribution in [-0.4, -0.2) is 5.91 Å². The van der Waals surface area contributed by atoms with Crippen molar-refractivity contribution in [1.29, 1.82) is 0 Å². The van der Waals surface area contributed by atoms with E-state index in [4.69, 9.17) is 11.5 Å². The van der Waals surface area contributed by atoms with Crippen molar-refractivity contribution in [3.63, 3.8) is 0 Å². The number of nitrogens with two attached hydrogens (primary N) is 2. The van der Waals surface area contributed by atoms with Gasteiger partial charge in [0.05, 0.1) is 6.42 Å². The molecule has 0 unspecified atom stereocenters. The molecule has 1 aliphatic carbocycles. The highest BCUT2D eigenvalue weighted by molar-refractivity contribution is 5.76. The number of carbonyl (C=O) groups excluding carboxylic acids is 1. The Morgan fingerprint density at radius 3 is 2.71 bits per heavy atom. The van der Waals surface area contributed by atoms with Crippen LogP contribution < -0.4 is 11.5 Å². The summed E-state index contributed by atoms with van der Waals surface area (Å²) >= 11 is 0. The number of hydrogen-bond acceptors (Lipinski definition) is 2. The van der Waals surface area contributed by atoms with Crippen LogP contribution in [0.4, 0.5) is 0 Å². The van der Waals surface area contributed by atoms with Gasteiger partial charge in [0.15, 0.2) is 0 Å². The first kappa shape index (κ1) is 9.21. The predicted octanol–water partition coefficient (Wildman–Crippen LogP) is 0.662. The first-order chi connectivity index (χ1) is 6.60. The summed E-state index contributed by atoms with van der Waals surface area (Å²) in [5.41, 5.74) is 13.1. The summed E-state index contributed by atoms with van der Waals surface area (Å²) in [5, 5.41) is 0. The van der Waals surface area contributed by atoms with E-state index >= 15 is 0 Å². The maximum absolute atomic E-state index is 10.7. The van der Waals surface area contributed by atoms with Crippen LogP contribution >= 0.6 is 0 Å². The van der Waals surface area contributed by atoms with E-state index in [1.54, 1.807) is 0 Å². The lowest BCUT2D eigenvalue weighted by Crippen LogP contribution is -2.19. The van der Waals surface area contributed by atoms with Crippen LogP contribution in [0.1, 0.15) is 24.0 Å². The molecule has 0 saturated heterocycles. The number of rotatable bonds is 3. The van der Waals surface area contributed by atoms with Gasteiger partial charge in [-0.05, 0) is 24.0 Å². The molecule has 3 heteroatoms. The van der Waals surface area contributed by atoms with Gasteiger partial charge in [-0.3, -0.25) is 4.79 Å². The summed E-state index contributed by atoms with van der Waals surface area (Å²) < 4.78 is 0. The maximum atomic E-state index is 10.7. The van der Waals surface area contributed by atoms with Gasteiger partial charge in [-0.1, -0.05) is 24.3 Å². The summed E-state index contributed by atoms with van der Waals surface area (Å²) in [6.45, 7) is 0. The van der Waals surface area contributed by atoms with Crippen LogP contribution in [0.15, 0.2) is 24.3 Å². The number of carbonyl (C=O) groups is 1. The van der Waals surface area contributed by atoms with Gasteiger partial charge in [-0.25, -0.2) is 0 Å².